The highest BCUT2D eigenvalue weighted by molar-refractivity contribution is 8.00. The number of aliphatic imine (C=N–C) groups is 1. The zero-order valence-electron chi connectivity index (χ0n) is 16.1. The summed E-state index contributed by atoms with van der Waals surface area (Å²) >= 11 is 1.97. The molecule has 0 aromatic rings. The molecule has 2 saturated heterocycles. The Morgan fingerprint density at radius 1 is 1.31 bits per heavy atom. The first-order valence-corrected chi connectivity index (χ1v) is 12.3. The fourth-order valence-corrected chi connectivity index (χ4v) is 5.29. The monoisotopic (exact) mass is 406 g/mol. The molecule has 2 aliphatic heterocycles. The molecule has 9 heteroatoms. The molecule has 7 nitrogen and oxygen atoms in total. The Kier molecular flexibility index (Phi) is 8.99. The lowest BCUT2D eigenvalue weighted by Crippen LogP contribution is -2.43. The van der Waals surface area contributed by atoms with E-state index in [-0.39, 0.29) is 16.6 Å². The van der Waals surface area contributed by atoms with Gasteiger partial charge >= 0.3 is 0 Å². The van der Waals surface area contributed by atoms with Gasteiger partial charge in [0, 0.05) is 31.0 Å². The molecule has 2 fully saturated rings. The molecule has 0 spiro atoms. The molecule has 2 heterocycles. The van der Waals surface area contributed by atoms with Crippen LogP contribution in [0.25, 0.3) is 0 Å². The topological polar surface area (TPSA) is 91.8 Å². The molecular formula is C17H34N4O3S2. The average Bonchev–Trinajstić information content (AvgIpc) is 3.06. The zero-order valence-corrected chi connectivity index (χ0v) is 17.7. The van der Waals surface area contributed by atoms with Crippen LogP contribution in [-0.4, -0.2) is 69.5 Å². The van der Waals surface area contributed by atoms with Crippen LogP contribution in [0, 0.1) is 0 Å². The van der Waals surface area contributed by atoms with Gasteiger partial charge in [0.2, 0.25) is 10.0 Å². The predicted molar refractivity (Wildman–Crippen MR) is 109 cm³/mol. The van der Waals surface area contributed by atoms with Crippen molar-refractivity contribution in [3.63, 3.8) is 0 Å². The van der Waals surface area contributed by atoms with Crippen molar-refractivity contribution >= 4 is 27.7 Å². The first-order valence-electron chi connectivity index (χ1n) is 9.67. The van der Waals surface area contributed by atoms with Crippen molar-refractivity contribution in [1.82, 2.24) is 15.4 Å². The van der Waals surface area contributed by atoms with E-state index in [0.717, 1.165) is 39.0 Å². The third-order valence-corrected chi connectivity index (χ3v) is 7.56. The summed E-state index contributed by atoms with van der Waals surface area (Å²) in [5.41, 5.74) is 0. The van der Waals surface area contributed by atoms with Crippen LogP contribution in [0.5, 0.6) is 0 Å². The van der Waals surface area contributed by atoms with Crippen molar-refractivity contribution in [1.29, 1.82) is 0 Å². The summed E-state index contributed by atoms with van der Waals surface area (Å²) in [5.74, 6) is 1.91. The molecule has 0 aromatic carbocycles. The molecule has 3 N–H and O–H groups in total. The van der Waals surface area contributed by atoms with Crippen LogP contribution in [0.3, 0.4) is 0 Å². The van der Waals surface area contributed by atoms with E-state index in [2.05, 4.69) is 27.3 Å². The summed E-state index contributed by atoms with van der Waals surface area (Å²) in [7, 11) is -3.31. The van der Waals surface area contributed by atoms with Gasteiger partial charge in [-0.1, -0.05) is 0 Å². The highest BCUT2D eigenvalue weighted by Crippen LogP contribution is 2.37. The highest BCUT2D eigenvalue weighted by Gasteiger charge is 2.29. The van der Waals surface area contributed by atoms with Crippen molar-refractivity contribution in [2.24, 2.45) is 4.99 Å². The van der Waals surface area contributed by atoms with E-state index in [0.29, 0.717) is 19.0 Å². The molecule has 2 aliphatic rings. The van der Waals surface area contributed by atoms with E-state index in [9.17, 15) is 8.42 Å². The van der Waals surface area contributed by atoms with E-state index in [4.69, 9.17) is 4.74 Å². The summed E-state index contributed by atoms with van der Waals surface area (Å²) in [6.07, 6.45) is 5.53. The molecule has 0 aliphatic carbocycles. The van der Waals surface area contributed by atoms with Crippen LogP contribution < -0.4 is 15.4 Å². The lowest BCUT2D eigenvalue weighted by molar-refractivity contribution is 0.0200. The van der Waals surface area contributed by atoms with Gasteiger partial charge in [0.25, 0.3) is 0 Å². The Morgan fingerprint density at radius 2 is 2.15 bits per heavy atom. The quantitative estimate of drug-likeness (QED) is 0.395. The van der Waals surface area contributed by atoms with Crippen molar-refractivity contribution < 1.29 is 13.2 Å². The van der Waals surface area contributed by atoms with Gasteiger partial charge in [-0.25, -0.2) is 13.1 Å². The van der Waals surface area contributed by atoms with Gasteiger partial charge in [-0.2, -0.15) is 11.8 Å². The molecule has 0 bridgehead atoms. The fourth-order valence-electron chi connectivity index (χ4n) is 3.11. The van der Waals surface area contributed by atoms with Gasteiger partial charge in [0.15, 0.2) is 5.96 Å². The van der Waals surface area contributed by atoms with E-state index in [1.165, 1.54) is 18.6 Å². The minimum atomic E-state index is -3.31. The van der Waals surface area contributed by atoms with Crippen molar-refractivity contribution in [3.8, 4) is 0 Å². The number of rotatable bonds is 9. The normalized spacial score (nSPS) is 27.5. The minimum Gasteiger partial charge on any atom is -0.377 e. The number of hydrogen-bond donors (Lipinski definition) is 3. The van der Waals surface area contributed by atoms with E-state index in [1.807, 2.05) is 18.7 Å². The molecule has 0 saturated carbocycles. The highest BCUT2D eigenvalue weighted by atomic mass is 32.2. The predicted octanol–water partition coefficient (Wildman–Crippen LogP) is 1.32. The number of nitrogens with zero attached hydrogens (tertiary/aromatic N) is 1. The van der Waals surface area contributed by atoms with Crippen LogP contribution >= 0.6 is 11.8 Å². The van der Waals surface area contributed by atoms with Gasteiger partial charge in [-0.15, -0.1) is 0 Å². The molecule has 2 unspecified atom stereocenters. The second-order valence-corrected chi connectivity index (χ2v) is 10.8. The number of hydrogen-bond acceptors (Lipinski definition) is 5. The van der Waals surface area contributed by atoms with Crippen LogP contribution in [0.2, 0.25) is 0 Å². The fraction of sp³-hybridized carbons (Fsp3) is 0.941. The average molecular weight is 407 g/mol. The summed E-state index contributed by atoms with van der Waals surface area (Å²) in [5, 5.41) is 6.32. The van der Waals surface area contributed by atoms with Crippen LogP contribution in [0.15, 0.2) is 4.99 Å². The third-order valence-electron chi connectivity index (χ3n) is 4.68. The van der Waals surface area contributed by atoms with E-state index >= 15 is 0 Å². The molecule has 26 heavy (non-hydrogen) atoms. The summed E-state index contributed by atoms with van der Waals surface area (Å²) in [6.45, 7) is 7.18. The Morgan fingerprint density at radius 3 is 2.81 bits per heavy atom. The third kappa shape index (κ3) is 8.02. The summed E-state index contributed by atoms with van der Waals surface area (Å²) < 4.78 is 32.8. The molecule has 2 atom stereocenters. The Balaban J connectivity index is 1.73. The van der Waals surface area contributed by atoms with Crippen molar-refractivity contribution in [3.05, 3.63) is 0 Å². The zero-order chi connectivity index (χ0) is 18.9. The Bertz CT molecular complexity index is 542. The molecule has 2 rings (SSSR count). The van der Waals surface area contributed by atoms with Gasteiger partial charge in [0.1, 0.15) is 0 Å². The molecule has 0 aromatic heterocycles. The van der Waals surface area contributed by atoms with Crippen molar-refractivity contribution in [2.75, 3.05) is 44.3 Å². The standard InChI is InChI=1S/C17H34N4O3S2/c1-3-18-16(20-14-17(2)8-6-11-25-17)19-9-12-26(22,23)21-13-15-7-4-5-10-24-15/h15,21H,3-14H2,1-2H3,(H2,18,19,20). The molecule has 0 amide bonds. The largest absolute Gasteiger partial charge is 0.377 e. The lowest BCUT2D eigenvalue weighted by Gasteiger charge is -2.23. The number of guanidine groups is 1. The van der Waals surface area contributed by atoms with Gasteiger partial charge in [-0.05, 0) is 51.7 Å². The second kappa shape index (κ2) is 10.7. The summed E-state index contributed by atoms with van der Waals surface area (Å²) in [6, 6.07) is 0. The maximum absolute atomic E-state index is 12.2. The number of sulfonamides is 1. The van der Waals surface area contributed by atoms with Gasteiger partial charge in [-0.3, -0.25) is 4.99 Å². The number of nitrogens with one attached hydrogen (secondary N) is 3. The summed E-state index contributed by atoms with van der Waals surface area (Å²) in [4.78, 5) is 4.64. The Hall–Kier alpha value is -0.510. The van der Waals surface area contributed by atoms with E-state index in [1.54, 1.807) is 0 Å². The lowest BCUT2D eigenvalue weighted by atomic mass is 10.1. The molecular weight excluding hydrogens is 372 g/mol. The van der Waals surface area contributed by atoms with Crippen LogP contribution in [-0.2, 0) is 14.8 Å². The van der Waals surface area contributed by atoms with Gasteiger partial charge < -0.3 is 15.4 Å². The number of ether oxygens (including phenoxy) is 1. The van der Waals surface area contributed by atoms with Crippen molar-refractivity contribution in [2.45, 2.75) is 56.8 Å². The molecule has 0 radical (unpaired) electrons. The second-order valence-electron chi connectivity index (χ2n) is 7.18. The minimum absolute atomic E-state index is 0.00928. The Labute approximate surface area is 162 Å². The smallest absolute Gasteiger partial charge is 0.213 e. The van der Waals surface area contributed by atoms with Crippen LogP contribution in [0.4, 0.5) is 0 Å². The molecule has 152 valence electrons. The maximum Gasteiger partial charge on any atom is 0.213 e. The van der Waals surface area contributed by atoms with E-state index < -0.39 is 10.0 Å². The maximum atomic E-state index is 12.2. The number of thioether (sulfide) groups is 1. The van der Waals surface area contributed by atoms with Crippen LogP contribution in [0.1, 0.15) is 46.0 Å². The first kappa shape index (κ1) is 21.8. The SMILES string of the molecule is CCNC(=NCC1(C)CCCS1)NCCS(=O)(=O)NCC1CCCCO1. The first-order chi connectivity index (χ1) is 12.4. The van der Waals surface area contributed by atoms with Gasteiger partial charge in [0.05, 0.1) is 18.4 Å².